The molecule has 1 saturated carbocycles. The number of nitrogens with two attached hydrogens (primary N) is 9. The van der Waals surface area contributed by atoms with Crippen LogP contribution in [0.2, 0.25) is 0 Å². The van der Waals surface area contributed by atoms with Crippen molar-refractivity contribution in [2.45, 2.75) is 164 Å². The number of nitrogens with one attached hydrogen (secondary N) is 3. The van der Waals surface area contributed by atoms with E-state index in [4.69, 9.17) is 51.6 Å². The van der Waals surface area contributed by atoms with Gasteiger partial charge in [0.15, 0.2) is 17.3 Å². The van der Waals surface area contributed by atoms with Gasteiger partial charge in [0.1, 0.15) is 0 Å². The summed E-state index contributed by atoms with van der Waals surface area (Å²) in [7, 11) is 8.03. The minimum Gasteiger partial charge on any atom is -0.345 e. The topological polar surface area (TPSA) is 420 Å². The summed E-state index contributed by atoms with van der Waals surface area (Å²) in [5.41, 5.74) is 58.6. The number of carbonyl (C=O) groups excluding carboxylic acids is 6. The van der Waals surface area contributed by atoms with Crippen molar-refractivity contribution in [3.8, 4) is 0 Å². The number of halogens is 3. The Morgan fingerprint density at radius 3 is 1.31 bits per heavy atom. The Morgan fingerprint density at radius 2 is 0.857 bits per heavy atom. The normalized spacial score (nSPS) is 14.4. The van der Waals surface area contributed by atoms with E-state index in [9.17, 15) is 46.7 Å². The van der Waals surface area contributed by atoms with E-state index in [2.05, 4.69) is 47.1 Å². The number of fused-ring (bicyclic) bond motifs is 3. The lowest BCUT2D eigenvalue weighted by Crippen LogP contribution is -2.52. The molecule has 3 aromatic heterocycles. The van der Waals surface area contributed by atoms with Crippen molar-refractivity contribution in [1.29, 1.82) is 0 Å². The quantitative estimate of drug-likeness (QED) is 0.0182. The van der Waals surface area contributed by atoms with Crippen LogP contribution in [0.4, 0.5) is 13.2 Å². The molecule has 0 saturated heterocycles. The number of ketones is 3. The molecule has 21 N–H and O–H groups in total. The second kappa shape index (κ2) is 48.9. The van der Waals surface area contributed by atoms with Gasteiger partial charge in [-0.2, -0.15) is 13.2 Å². The summed E-state index contributed by atoms with van der Waals surface area (Å²) in [6.45, 7) is 10.6. The second-order valence-corrected chi connectivity index (χ2v) is 33.1. The highest BCUT2D eigenvalue weighted by Crippen LogP contribution is 2.31. The Bertz CT molecular complexity index is 4530. The molecule has 6 atom stereocenters. The number of benzene rings is 5. The lowest BCUT2D eigenvalue weighted by atomic mass is 9.84. The molecular weight excluding hydrogens is 1510 g/mol. The number of alkyl halides is 3. The summed E-state index contributed by atoms with van der Waals surface area (Å²) in [5.74, 6) is -0.879. The number of pyridine rings is 3. The van der Waals surface area contributed by atoms with Gasteiger partial charge in [-0.3, -0.25) is 43.5 Å². The molecule has 0 spiro atoms. The van der Waals surface area contributed by atoms with Crippen LogP contribution in [0.5, 0.6) is 0 Å². The van der Waals surface area contributed by atoms with Crippen molar-refractivity contribution in [3.05, 3.63) is 202 Å². The molecule has 3 amide bonds. The number of aromatic nitrogens is 3. The van der Waals surface area contributed by atoms with Gasteiger partial charge in [-0.1, -0.05) is 117 Å². The number of likely N-dealkylation sites (N-methyl/N-ethyl adjacent to an activating group) is 3. The molecule has 1 fully saturated rings. The molecule has 28 heteroatoms. The molecule has 0 unspecified atom stereocenters. The van der Waals surface area contributed by atoms with E-state index in [0.717, 1.165) is 149 Å². The van der Waals surface area contributed by atoms with Gasteiger partial charge in [0.05, 0.1) is 138 Å². The number of Topliss-reactive ketones (excluding diaryl/α,β-unsaturated/α-hetero) is 3. The number of amides is 3. The maximum Gasteiger partial charge on any atom is 0.416 e. The van der Waals surface area contributed by atoms with Crippen LogP contribution in [-0.2, 0) is 74.1 Å². The fourth-order valence-corrected chi connectivity index (χ4v) is 16.0. The summed E-state index contributed by atoms with van der Waals surface area (Å²) in [6.07, 6.45) is 11.8. The lowest BCUT2D eigenvalue weighted by Gasteiger charge is -2.34. The summed E-state index contributed by atoms with van der Waals surface area (Å²) in [4.78, 5) is 101. The predicted octanol–water partition coefficient (Wildman–Crippen LogP) is 6.47. The van der Waals surface area contributed by atoms with Gasteiger partial charge in [-0.15, -0.1) is 0 Å². The standard InChI is InChI=1S/C31H44N6O3.C30H39F3N6O2.C30H48N6O2/c1-36-28-13-7-6-11-24(28)21-25(31(36)40)22-29(38)27(15-14-23-9-4-3-5-10-23)35-30(39)26(34)12-8-18-37(2,19-16-32)20-17-33;1-39(16-12-34,17-13-35)15-3-5-25(36)29(41)38-27(19-21-6-9-24(10-7-21)30(31,32)33)28(40)20-22-8-11-26-23(18-22)4-2-14-37-26;1-36(19-15-31,20-16-32)18-6-10-26(33)30(38)35-28(14-11-23-7-3-2-4-8-23)29(37)22-24-12-13-27-25(21-24)9-5-17-34-27/h3-7,9-11,13,21,26-27H,8,12,14-20,22,32-34H2,1-2H3;2,4,6-11,14,18,25,27H,3,5,12-13,15-17,19-20,34-36H2,1H3;5,9,12-13,17,21,23,26,28H,2-4,6-8,10-11,14-16,18-20,22,31-33H2,1H3/p+3/t26-,27+;25-,27-;26-,28-/m000/s1. The van der Waals surface area contributed by atoms with Gasteiger partial charge in [0.25, 0.3) is 5.56 Å². The first kappa shape index (κ1) is 97.0. The van der Waals surface area contributed by atoms with Crippen LogP contribution in [0.25, 0.3) is 32.7 Å². The molecule has 648 valence electrons. The van der Waals surface area contributed by atoms with Gasteiger partial charge in [0, 0.05) is 94.3 Å². The van der Waals surface area contributed by atoms with Crippen LogP contribution in [0.15, 0.2) is 163 Å². The molecule has 119 heavy (non-hydrogen) atoms. The third-order valence-electron chi connectivity index (χ3n) is 23.3. The van der Waals surface area contributed by atoms with Crippen LogP contribution in [0.3, 0.4) is 0 Å². The summed E-state index contributed by atoms with van der Waals surface area (Å²) >= 11 is 0. The number of nitrogens with zero attached hydrogens (tertiary/aromatic N) is 6. The fourth-order valence-electron chi connectivity index (χ4n) is 16.0. The van der Waals surface area contributed by atoms with Crippen LogP contribution in [-0.4, -0.2) is 219 Å². The van der Waals surface area contributed by atoms with Crippen molar-refractivity contribution in [1.82, 2.24) is 30.5 Å². The molecule has 1 aliphatic rings. The summed E-state index contributed by atoms with van der Waals surface area (Å²) in [6, 6.07) is 38.3. The molecule has 9 rings (SSSR count). The van der Waals surface area contributed by atoms with E-state index in [0.29, 0.717) is 106 Å². The Balaban J connectivity index is 0.000000246. The summed E-state index contributed by atoms with van der Waals surface area (Å²) in [5, 5.41) is 11.5. The molecule has 5 aromatic carbocycles. The number of rotatable bonds is 47. The monoisotopic (exact) mass is 1650 g/mol. The highest BCUT2D eigenvalue weighted by atomic mass is 19.4. The average molecular weight is 1650 g/mol. The third-order valence-corrected chi connectivity index (χ3v) is 23.3. The van der Waals surface area contributed by atoms with Crippen molar-refractivity contribution >= 4 is 67.8 Å². The van der Waals surface area contributed by atoms with Gasteiger partial charge < -0.3 is 85.6 Å². The minimum atomic E-state index is -4.47. The smallest absolute Gasteiger partial charge is 0.345 e. The van der Waals surface area contributed by atoms with E-state index in [-0.39, 0.29) is 60.4 Å². The zero-order valence-electron chi connectivity index (χ0n) is 70.5. The third kappa shape index (κ3) is 32.1. The molecule has 3 heterocycles. The van der Waals surface area contributed by atoms with Crippen molar-refractivity contribution in [2.75, 3.05) is 119 Å². The second-order valence-electron chi connectivity index (χ2n) is 33.1. The number of aryl methyl sites for hydroxylation is 2. The Hall–Kier alpha value is -9.14. The maximum absolute atomic E-state index is 13.6. The number of carbonyl (C=O) groups is 6. The molecule has 0 bridgehead atoms. The zero-order valence-corrected chi connectivity index (χ0v) is 70.5. The first-order valence-electron chi connectivity index (χ1n) is 42.4. The number of hydrogen-bond acceptors (Lipinski definition) is 18. The highest BCUT2D eigenvalue weighted by Gasteiger charge is 2.33. The van der Waals surface area contributed by atoms with Crippen molar-refractivity contribution in [3.63, 3.8) is 0 Å². The van der Waals surface area contributed by atoms with Gasteiger partial charge in [0.2, 0.25) is 17.7 Å². The van der Waals surface area contributed by atoms with Gasteiger partial charge in [-0.25, -0.2) is 0 Å². The SMILES string of the molecule is C[N+](CCN)(CCN)CCC[C@H](N)C(=O)N[C@@H](CCC1CCCCC1)C(=O)Cc1ccc2ncccc2c1.C[N+](CCN)(CCN)CCC[C@H](N)C(=O)N[C@@H](Cc1ccc(C(F)(F)F)cc1)C(=O)Cc1ccc2ncccc2c1.Cn1c(=O)c(CC(=O)[C@@H](CCc2ccccc2)NC(=O)[C@@H](N)CCC[N+](C)(CCN)CCN)cc2ccccc21. The van der Waals surface area contributed by atoms with E-state index in [1.807, 2.05) is 103 Å². The fraction of sp³-hybridized carbons (Fsp3) is 0.505. The van der Waals surface area contributed by atoms with Crippen molar-refractivity contribution < 1.29 is 55.4 Å². The van der Waals surface area contributed by atoms with Crippen LogP contribution in [0, 0.1) is 5.92 Å². The number of quaternary nitrogens is 3. The largest absolute Gasteiger partial charge is 0.416 e. The molecule has 0 radical (unpaired) electrons. The molecule has 8 aromatic rings. The van der Waals surface area contributed by atoms with E-state index in [1.54, 1.807) is 42.2 Å². The minimum absolute atomic E-state index is 0.0274. The summed E-state index contributed by atoms with van der Waals surface area (Å²) < 4.78 is 42.9. The number of hydrogen-bond donors (Lipinski definition) is 12. The van der Waals surface area contributed by atoms with Gasteiger partial charge in [-0.05, 0) is 165 Å². The van der Waals surface area contributed by atoms with Crippen LogP contribution < -0.4 is 73.1 Å². The van der Waals surface area contributed by atoms with Gasteiger partial charge >= 0.3 is 6.18 Å². The van der Waals surface area contributed by atoms with Crippen LogP contribution >= 0.6 is 0 Å². The maximum atomic E-state index is 13.6. The molecule has 0 aliphatic heterocycles. The van der Waals surface area contributed by atoms with E-state index in [1.165, 1.54) is 44.2 Å². The Kier molecular flexibility index (Phi) is 39.9. The molecular formula is C91H134F3N18O7+3. The molecule has 1 aliphatic carbocycles. The first-order chi connectivity index (χ1) is 56.9. The first-order valence-corrected chi connectivity index (χ1v) is 42.4. The highest BCUT2D eigenvalue weighted by molar-refractivity contribution is 5.95. The average Bonchev–Trinajstić information content (AvgIpc) is 0.793. The van der Waals surface area contributed by atoms with Crippen molar-refractivity contribution in [2.24, 2.45) is 64.6 Å². The number of para-hydroxylation sites is 1. The van der Waals surface area contributed by atoms with Crippen LogP contribution in [0.1, 0.15) is 123 Å². The Morgan fingerprint density at radius 1 is 0.454 bits per heavy atom. The van der Waals surface area contributed by atoms with E-state index >= 15 is 0 Å². The van der Waals surface area contributed by atoms with E-state index < -0.39 is 53.9 Å². The Labute approximate surface area is 700 Å². The predicted molar refractivity (Wildman–Crippen MR) is 469 cm³/mol. The molecule has 25 nitrogen and oxygen atoms in total. The zero-order chi connectivity index (χ0) is 86.6. The lowest BCUT2D eigenvalue weighted by molar-refractivity contribution is -0.907.